The van der Waals surface area contributed by atoms with Crippen LogP contribution in [0.25, 0.3) is 0 Å². The number of anilines is 2. The maximum atomic E-state index is 5.86. The standard InChI is InChI=1S/C18H22N2O2/c1-13-4-3-5-16(10-13)21-9-8-20-12-14(2)22-18-11-15(19)6-7-17(18)20/h3-7,10-11,14H,8-9,12,19H2,1-2H3. The third kappa shape index (κ3) is 3.27. The molecular formula is C18H22N2O2. The molecule has 22 heavy (non-hydrogen) atoms. The van der Waals surface area contributed by atoms with Crippen LogP contribution in [0, 0.1) is 6.92 Å². The van der Waals surface area contributed by atoms with Crippen LogP contribution in [-0.2, 0) is 0 Å². The number of benzene rings is 2. The quantitative estimate of drug-likeness (QED) is 0.880. The monoisotopic (exact) mass is 298 g/mol. The van der Waals surface area contributed by atoms with Crippen LogP contribution in [0.2, 0.25) is 0 Å². The number of hydrogen-bond donors (Lipinski definition) is 1. The lowest BCUT2D eigenvalue weighted by atomic mass is 10.2. The third-order valence-corrected chi connectivity index (χ3v) is 3.75. The van der Waals surface area contributed by atoms with E-state index in [1.54, 1.807) is 0 Å². The van der Waals surface area contributed by atoms with Gasteiger partial charge in [0, 0.05) is 11.8 Å². The molecule has 0 saturated heterocycles. The molecule has 0 saturated carbocycles. The van der Waals surface area contributed by atoms with Gasteiger partial charge in [0.25, 0.3) is 0 Å². The van der Waals surface area contributed by atoms with Gasteiger partial charge in [0.2, 0.25) is 0 Å². The van der Waals surface area contributed by atoms with Gasteiger partial charge in [-0.3, -0.25) is 0 Å². The van der Waals surface area contributed by atoms with Gasteiger partial charge in [0.15, 0.2) is 0 Å². The van der Waals surface area contributed by atoms with Crippen LogP contribution in [0.4, 0.5) is 11.4 Å². The Labute approximate surface area is 131 Å². The van der Waals surface area contributed by atoms with E-state index < -0.39 is 0 Å². The highest BCUT2D eigenvalue weighted by Gasteiger charge is 2.22. The van der Waals surface area contributed by atoms with E-state index in [4.69, 9.17) is 15.2 Å². The Kier molecular flexibility index (Phi) is 4.09. The molecule has 1 aliphatic rings. The lowest BCUT2D eigenvalue weighted by molar-refractivity contribution is 0.208. The molecule has 1 heterocycles. The van der Waals surface area contributed by atoms with Crippen molar-refractivity contribution in [1.82, 2.24) is 0 Å². The number of aryl methyl sites for hydroxylation is 1. The van der Waals surface area contributed by atoms with Crippen molar-refractivity contribution < 1.29 is 9.47 Å². The fraction of sp³-hybridized carbons (Fsp3) is 0.333. The van der Waals surface area contributed by atoms with Crippen molar-refractivity contribution >= 4 is 11.4 Å². The summed E-state index contributed by atoms with van der Waals surface area (Å²) in [5.41, 5.74) is 8.86. The molecule has 0 fully saturated rings. The molecule has 0 spiro atoms. The average molecular weight is 298 g/mol. The molecule has 1 unspecified atom stereocenters. The predicted octanol–water partition coefficient (Wildman–Crippen LogP) is 3.24. The maximum Gasteiger partial charge on any atom is 0.145 e. The van der Waals surface area contributed by atoms with E-state index in [1.165, 1.54) is 5.56 Å². The van der Waals surface area contributed by atoms with Crippen molar-refractivity contribution in [3.05, 3.63) is 48.0 Å². The van der Waals surface area contributed by atoms with Crippen LogP contribution in [-0.4, -0.2) is 25.8 Å². The molecule has 2 aromatic rings. The van der Waals surface area contributed by atoms with Crippen LogP contribution in [0.15, 0.2) is 42.5 Å². The largest absolute Gasteiger partial charge is 0.492 e. The number of nitrogens with zero attached hydrogens (tertiary/aromatic N) is 1. The minimum Gasteiger partial charge on any atom is -0.492 e. The van der Waals surface area contributed by atoms with E-state index in [0.717, 1.165) is 36.0 Å². The molecule has 4 heteroatoms. The SMILES string of the molecule is Cc1cccc(OCCN2CC(C)Oc3cc(N)ccc32)c1. The second-order valence-corrected chi connectivity index (χ2v) is 5.77. The molecule has 0 aliphatic carbocycles. The normalized spacial score (nSPS) is 16.8. The van der Waals surface area contributed by atoms with E-state index in [1.807, 2.05) is 30.3 Å². The zero-order valence-electron chi connectivity index (χ0n) is 13.1. The highest BCUT2D eigenvalue weighted by Crippen LogP contribution is 2.34. The van der Waals surface area contributed by atoms with Crippen LogP contribution >= 0.6 is 0 Å². The highest BCUT2D eigenvalue weighted by molar-refractivity contribution is 5.65. The summed E-state index contributed by atoms with van der Waals surface area (Å²) in [7, 11) is 0. The Hall–Kier alpha value is -2.36. The van der Waals surface area contributed by atoms with Gasteiger partial charge in [-0.2, -0.15) is 0 Å². The second kappa shape index (κ2) is 6.18. The zero-order valence-corrected chi connectivity index (χ0v) is 13.1. The average Bonchev–Trinajstić information content (AvgIpc) is 2.46. The lowest BCUT2D eigenvalue weighted by Gasteiger charge is -2.35. The first-order chi connectivity index (χ1) is 10.6. The number of rotatable bonds is 4. The fourth-order valence-electron chi connectivity index (χ4n) is 2.74. The summed E-state index contributed by atoms with van der Waals surface area (Å²) in [5.74, 6) is 1.77. The van der Waals surface area contributed by atoms with E-state index in [-0.39, 0.29) is 6.10 Å². The fourth-order valence-corrected chi connectivity index (χ4v) is 2.74. The molecule has 0 amide bonds. The Morgan fingerprint density at radius 2 is 2.14 bits per heavy atom. The number of nitrogen functional groups attached to an aromatic ring is 1. The molecule has 116 valence electrons. The van der Waals surface area contributed by atoms with Crippen molar-refractivity contribution in [1.29, 1.82) is 0 Å². The summed E-state index contributed by atoms with van der Waals surface area (Å²) in [5, 5.41) is 0. The van der Waals surface area contributed by atoms with Crippen LogP contribution in [0.1, 0.15) is 12.5 Å². The molecule has 1 aliphatic heterocycles. The molecule has 4 nitrogen and oxygen atoms in total. The number of ether oxygens (including phenoxy) is 2. The van der Waals surface area contributed by atoms with Crippen LogP contribution in [0.5, 0.6) is 11.5 Å². The van der Waals surface area contributed by atoms with E-state index in [0.29, 0.717) is 6.61 Å². The van der Waals surface area contributed by atoms with Gasteiger partial charge in [-0.15, -0.1) is 0 Å². The van der Waals surface area contributed by atoms with E-state index >= 15 is 0 Å². The Morgan fingerprint density at radius 1 is 1.27 bits per heavy atom. The van der Waals surface area contributed by atoms with E-state index in [2.05, 4.69) is 30.9 Å². The van der Waals surface area contributed by atoms with Gasteiger partial charge in [0.05, 0.1) is 18.8 Å². The predicted molar refractivity (Wildman–Crippen MR) is 89.8 cm³/mol. The van der Waals surface area contributed by atoms with Crippen molar-refractivity contribution in [2.45, 2.75) is 20.0 Å². The molecule has 0 bridgehead atoms. The number of nitrogens with two attached hydrogens (primary N) is 1. The zero-order chi connectivity index (χ0) is 15.5. The number of hydrogen-bond acceptors (Lipinski definition) is 4. The summed E-state index contributed by atoms with van der Waals surface area (Å²) in [6, 6.07) is 13.9. The maximum absolute atomic E-state index is 5.86. The van der Waals surface area contributed by atoms with Crippen molar-refractivity contribution in [2.24, 2.45) is 0 Å². The van der Waals surface area contributed by atoms with Gasteiger partial charge >= 0.3 is 0 Å². The minimum absolute atomic E-state index is 0.147. The van der Waals surface area contributed by atoms with Gasteiger partial charge in [0.1, 0.15) is 24.2 Å². The van der Waals surface area contributed by atoms with Gasteiger partial charge in [-0.05, 0) is 43.7 Å². The van der Waals surface area contributed by atoms with Crippen LogP contribution in [0.3, 0.4) is 0 Å². The van der Waals surface area contributed by atoms with Crippen molar-refractivity contribution in [3.8, 4) is 11.5 Å². The highest BCUT2D eigenvalue weighted by atomic mass is 16.5. The Morgan fingerprint density at radius 3 is 2.95 bits per heavy atom. The summed E-state index contributed by atoms with van der Waals surface area (Å²) < 4.78 is 11.7. The van der Waals surface area contributed by atoms with Gasteiger partial charge in [-0.1, -0.05) is 12.1 Å². The van der Waals surface area contributed by atoms with Gasteiger partial charge in [-0.25, -0.2) is 0 Å². The molecule has 3 rings (SSSR count). The molecular weight excluding hydrogens is 276 g/mol. The summed E-state index contributed by atoms with van der Waals surface area (Å²) in [4.78, 5) is 2.29. The number of fused-ring (bicyclic) bond motifs is 1. The van der Waals surface area contributed by atoms with Crippen LogP contribution < -0.4 is 20.1 Å². The van der Waals surface area contributed by atoms with Crippen molar-refractivity contribution in [3.63, 3.8) is 0 Å². The molecule has 2 N–H and O–H groups in total. The minimum atomic E-state index is 0.147. The second-order valence-electron chi connectivity index (χ2n) is 5.77. The van der Waals surface area contributed by atoms with Crippen molar-refractivity contribution in [2.75, 3.05) is 30.3 Å². The topological polar surface area (TPSA) is 47.7 Å². The Bertz CT molecular complexity index is 657. The lowest BCUT2D eigenvalue weighted by Crippen LogP contribution is -2.40. The first kappa shape index (κ1) is 14.6. The van der Waals surface area contributed by atoms with E-state index in [9.17, 15) is 0 Å². The summed E-state index contributed by atoms with van der Waals surface area (Å²) >= 11 is 0. The molecule has 1 atom stereocenters. The Balaban J connectivity index is 1.66. The summed E-state index contributed by atoms with van der Waals surface area (Å²) in [6.45, 7) is 6.45. The first-order valence-electron chi connectivity index (χ1n) is 7.62. The smallest absolute Gasteiger partial charge is 0.145 e. The third-order valence-electron chi connectivity index (χ3n) is 3.75. The molecule has 0 radical (unpaired) electrons. The van der Waals surface area contributed by atoms with Gasteiger partial charge < -0.3 is 20.1 Å². The first-order valence-corrected chi connectivity index (χ1v) is 7.62. The summed E-state index contributed by atoms with van der Waals surface area (Å²) in [6.07, 6.45) is 0.147. The molecule has 0 aromatic heterocycles. The molecule has 2 aromatic carbocycles.